The van der Waals surface area contributed by atoms with Gasteiger partial charge in [0.1, 0.15) is 0 Å². The predicted octanol–water partition coefficient (Wildman–Crippen LogP) is 2.43. The van der Waals surface area contributed by atoms with E-state index in [-0.39, 0.29) is 5.91 Å². The Bertz CT molecular complexity index is 371. The van der Waals surface area contributed by atoms with Gasteiger partial charge in [-0.05, 0) is 18.4 Å². The van der Waals surface area contributed by atoms with Gasteiger partial charge in [-0.15, -0.1) is 23.5 Å². The molecule has 5 heteroatoms. The maximum absolute atomic E-state index is 11.7. The quantitative estimate of drug-likeness (QED) is 0.780. The highest BCUT2D eigenvalue weighted by Crippen LogP contribution is 2.24. The van der Waals surface area contributed by atoms with Crippen LogP contribution in [0.1, 0.15) is 6.92 Å². The highest BCUT2D eigenvalue weighted by molar-refractivity contribution is 8.00. The molecule has 1 unspecified atom stereocenters. The molecule has 0 fully saturated rings. The number of nitrogens with two attached hydrogens (primary N) is 1. The van der Waals surface area contributed by atoms with Gasteiger partial charge in [0.05, 0.1) is 11.4 Å². The second-order valence-corrected chi connectivity index (χ2v) is 5.88. The maximum atomic E-state index is 11.7. The molecule has 1 rings (SSSR count). The van der Waals surface area contributed by atoms with Crippen LogP contribution in [0.3, 0.4) is 0 Å². The maximum Gasteiger partial charge on any atom is 0.234 e. The fourth-order valence-electron chi connectivity index (χ4n) is 1.22. The highest BCUT2D eigenvalue weighted by atomic mass is 32.2. The SMILES string of the molecule is CSc1ccccc1NC(=O)CSC(C)CN. The van der Waals surface area contributed by atoms with Gasteiger partial charge in [0.2, 0.25) is 5.91 Å². The lowest BCUT2D eigenvalue weighted by Gasteiger charge is -2.10. The fraction of sp³-hybridized carbons (Fsp3) is 0.417. The van der Waals surface area contributed by atoms with Gasteiger partial charge < -0.3 is 11.1 Å². The average Bonchev–Trinajstić information content (AvgIpc) is 2.36. The zero-order valence-electron chi connectivity index (χ0n) is 10.1. The molecule has 1 aromatic carbocycles. The summed E-state index contributed by atoms with van der Waals surface area (Å²) in [4.78, 5) is 12.8. The summed E-state index contributed by atoms with van der Waals surface area (Å²) in [5.41, 5.74) is 6.38. The third kappa shape index (κ3) is 5.02. The molecule has 0 radical (unpaired) electrons. The van der Waals surface area contributed by atoms with E-state index in [9.17, 15) is 4.79 Å². The molecule has 0 saturated heterocycles. The number of hydrogen-bond acceptors (Lipinski definition) is 4. The van der Waals surface area contributed by atoms with Gasteiger partial charge in [-0.3, -0.25) is 4.79 Å². The minimum Gasteiger partial charge on any atom is -0.329 e. The van der Waals surface area contributed by atoms with Crippen LogP contribution in [-0.2, 0) is 4.79 Å². The first-order valence-electron chi connectivity index (χ1n) is 5.42. The van der Waals surface area contributed by atoms with Gasteiger partial charge in [-0.25, -0.2) is 0 Å². The van der Waals surface area contributed by atoms with Crippen LogP contribution >= 0.6 is 23.5 Å². The lowest BCUT2D eigenvalue weighted by Crippen LogP contribution is -2.19. The van der Waals surface area contributed by atoms with Crippen molar-refractivity contribution in [3.05, 3.63) is 24.3 Å². The van der Waals surface area contributed by atoms with Gasteiger partial charge in [0.25, 0.3) is 0 Å². The van der Waals surface area contributed by atoms with E-state index in [0.29, 0.717) is 17.5 Å². The largest absolute Gasteiger partial charge is 0.329 e. The van der Waals surface area contributed by atoms with Gasteiger partial charge in [-0.1, -0.05) is 19.1 Å². The number of anilines is 1. The zero-order valence-corrected chi connectivity index (χ0v) is 11.7. The van der Waals surface area contributed by atoms with Gasteiger partial charge in [0, 0.05) is 16.7 Å². The Labute approximate surface area is 111 Å². The van der Waals surface area contributed by atoms with Crippen molar-refractivity contribution in [3.8, 4) is 0 Å². The number of thioether (sulfide) groups is 2. The lowest BCUT2D eigenvalue weighted by atomic mass is 10.3. The fourth-order valence-corrected chi connectivity index (χ4v) is 2.42. The Morgan fingerprint density at radius 1 is 1.47 bits per heavy atom. The molecule has 0 aliphatic heterocycles. The van der Waals surface area contributed by atoms with Crippen LogP contribution in [0.25, 0.3) is 0 Å². The van der Waals surface area contributed by atoms with Crippen LogP contribution in [0.2, 0.25) is 0 Å². The van der Waals surface area contributed by atoms with E-state index in [1.54, 1.807) is 23.5 Å². The van der Waals surface area contributed by atoms with E-state index in [1.165, 1.54) is 0 Å². The van der Waals surface area contributed by atoms with E-state index >= 15 is 0 Å². The Kier molecular flexibility index (Phi) is 6.47. The van der Waals surface area contributed by atoms with Gasteiger partial charge >= 0.3 is 0 Å². The molecular weight excluding hydrogens is 252 g/mol. The first-order chi connectivity index (χ1) is 8.17. The average molecular weight is 270 g/mol. The number of nitrogens with one attached hydrogen (secondary N) is 1. The van der Waals surface area contributed by atoms with E-state index in [1.807, 2.05) is 37.4 Å². The first-order valence-corrected chi connectivity index (χ1v) is 7.69. The summed E-state index contributed by atoms with van der Waals surface area (Å²) in [6.07, 6.45) is 2.00. The second-order valence-electron chi connectivity index (χ2n) is 3.61. The summed E-state index contributed by atoms with van der Waals surface area (Å²) < 4.78 is 0. The van der Waals surface area contributed by atoms with Gasteiger partial charge in [-0.2, -0.15) is 0 Å². The van der Waals surface area contributed by atoms with E-state index in [0.717, 1.165) is 10.6 Å². The van der Waals surface area contributed by atoms with Crippen molar-refractivity contribution >= 4 is 35.1 Å². The molecule has 3 N–H and O–H groups in total. The normalized spacial score (nSPS) is 12.2. The molecule has 3 nitrogen and oxygen atoms in total. The van der Waals surface area contributed by atoms with Crippen LogP contribution in [0.5, 0.6) is 0 Å². The van der Waals surface area contributed by atoms with Crippen LogP contribution in [-0.4, -0.2) is 29.7 Å². The predicted molar refractivity (Wildman–Crippen MR) is 77.8 cm³/mol. The molecule has 0 saturated carbocycles. The lowest BCUT2D eigenvalue weighted by molar-refractivity contribution is -0.113. The third-order valence-electron chi connectivity index (χ3n) is 2.21. The molecule has 0 aromatic heterocycles. The van der Waals surface area contributed by atoms with Crippen LogP contribution in [0, 0.1) is 0 Å². The van der Waals surface area contributed by atoms with Crippen LogP contribution in [0.4, 0.5) is 5.69 Å². The second kappa shape index (κ2) is 7.63. The topological polar surface area (TPSA) is 55.1 Å². The van der Waals surface area contributed by atoms with Crippen LogP contribution in [0.15, 0.2) is 29.2 Å². The highest BCUT2D eigenvalue weighted by Gasteiger charge is 2.08. The molecule has 0 aliphatic carbocycles. The summed E-state index contributed by atoms with van der Waals surface area (Å²) in [6.45, 7) is 2.62. The summed E-state index contributed by atoms with van der Waals surface area (Å²) in [5.74, 6) is 0.470. The molecule has 94 valence electrons. The number of para-hydroxylation sites is 1. The number of carbonyl (C=O) groups excluding carboxylic acids is 1. The van der Waals surface area contributed by atoms with E-state index in [4.69, 9.17) is 5.73 Å². The summed E-state index contributed by atoms with van der Waals surface area (Å²) in [7, 11) is 0. The van der Waals surface area contributed by atoms with Gasteiger partial charge in [0.15, 0.2) is 0 Å². The summed E-state index contributed by atoms with van der Waals surface area (Å²) >= 11 is 3.20. The number of hydrogen-bond donors (Lipinski definition) is 2. The van der Waals surface area contributed by atoms with Crippen molar-refractivity contribution in [2.45, 2.75) is 17.1 Å². The molecular formula is C12H18N2OS2. The molecule has 0 spiro atoms. The van der Waals surface area contributed by atoms with Crippen molar-refractivity contribution in [1.29, 1.82) is 0 Å². The Balaban J connectivity index is 2.50. The third-order valence-corrected chi connectivity index (χ3v) is 4.20. The number of rotatable bonds is 6. The number of amides is 1. The first kappa shape index (κ1) is 14.4. The number of carbonyl (C=O) groups is 1. The Morgan fingerprint density at radius 3 is 2.82 bits per heavy atom. The van der Waals surface area contributed by atoms with Crippen molar-refractivity contribution in [2.75, 3.05) is 23.9 Å². The minimum absolute atomic E-state index is 0.0248. The Morgan fingerprint density at radius 2 is 2.18 bits per heavy atom. The summed E-state index contributed by atoms with van der Waals surface area (Å²) in [5, 5.41) is 3.24. The monoisotopic (exact) mass is 270 g/mol. The van der Waals surface area contributed by atoms with Crippen molar-refractivity contribution in [1.82, 2.24) is 0 Å². The standard InChI is InChI=1S/C12H18N2OS2/c1-9(7-13)17-8-12(15)14-10-5-3-4-6-11(10)16-2/h3-6,9H,7-8,13H2,1-2H3,(H,14,15). The molecule has 1 amide bonds. The molecule has 1 atom stereocenters. The van der Waals surface area contributed by atoms with Crippen molar-refractivity contribution in [3.63, 3.8) is 0 Å². The molecule has 1 aromatic rings. The zero-order chi connectivity index (χ0) is 12.7. The molecule has 0 bridgehead atoms. The molecule has 0 aliphatic rings. The molecule has 0 heterocycles. The minimum atomic E-state index is 0.0248. The van der Waals surface area contributed by atoms with E-state index < -0.39 is 0 Å². The van der Waals surface area contributed by atoms with Crippen molar-refractivity contribution < 1.29 is 4.79 Å². The Hall–Kier alpha value is -0.650. The van der Waals surface area contributed by atoms with Crippen molar-refractivity contribution in [2.24, 2.45) is 5.73 Å². The van der Waals surface area contributed by atoms with E-state index in [2.05, 4.69) is 5.32 Å². The number of benzene rings is 1. The van der Waals surface area contributed by atoms with Crippen LogP contribution < -0.4 is 11.1 Å². The smallest absolute Gasteiger partial charge is 0.234 e. The summed E-state index contributed by atoms with van der Waals surface area (Å²) in [6, 6.07) is 7.80. The molecule has 17 heavy (non-hydrogen) atoms.